The van der Waals surface area contributed by atoms with Crippen molar-refractivity contribution in [3.63, 3.8) is 0 Å². The lowest BCUT2D eigenvalue weighted by molar-refractivity contribution is -0.671. The van der Waals surface area contributed by atoms with Crippen LogP contribution in [0.1, 0.15) is 121 Å². The lowest BCUT2D eigenvalue weighted by atomic mass is 10.0. The summed E-state index contributed by atoms with van der Waals surface area (Å²) in [7, 11) is 4.27. The van der Waals surface area contributed by atoms with Crippen molar-refractivity contribution < 1.29 is 4.57 Å². The minimum atomic E-state index is 1.15. The highest BCUT2D eigenvalue weighted by Gasteiger charge is 2.01. The van der Waals surface area contributed by atoms with E-state index in [-0.39, 0.29) is 0 Å². The summed E-state index contributed by atoms with van der Waals surface area (Å²) in [5.41, 5.74) is 3.79. The fourth-order valence-corrected chi connectivity index (χ4v) is 4.68. The van der Waals surface area contributed by atoms with E-state index in [9.17, 15) is 0 Å². The van der Waals surface area contributed by atoms with Gasteiger partial charge in [-0.25, -0.2) is 4.57 Å². The number of hydrogen-bond acceptors (Lipinski definition) is 1. The molecule has 0 N–H and O–H groups in total. The minimum absolute atomic E-state index is 1.15. The Hall–Kier alpha value is -2.09. The van der Waals surface area contributed by atoms with Gasteiger partial charge in [0.25, 0.3) is 0 Å². The molecule has 2 aromatic rings. The summed E-state index contributed by atoms with van der Waals surface area (Å²) in [5.74, 6) is 0. The maximum Gasteiger partial charge on any atom is 0.169 e. The predicted molar refractivity (Wildman–Crippen MR) is 156 cm³/mol. The molecule has 194 valence electrons. The summed E-state index contributed by atoms with van der Waals surface area (Å²) in [6, 6.07) is 13.2. The normalized spacial score (nSPS) is 11.4. The third kappa shape index (κ3) is 14.2. The first kappa shape index (κ1) is 29.1. The largest absolute Gasteiger partial charge is 0.375 e. The Morgan fingerprint density at radius 3 is 1.43 bits per heavy atom. The Kier molecular flexibility index (Phi) is 15.9. The number of anilines is 1. The van der Waals surface area contributed by atoms with Gasteiger partial charge in [0.2, 0.25) is 0 Å². The lowest BCUT2D eigenvalue weighted by Crippen LogP contribution is -2.25. The first-order chi connectivity index (χ1) is 17.2. The highest BCUT2D eigenvalue weighted by molar-refractivity contribution is 5.70. The standard InChI is InChI=1S/C33H53N2/c1-4-5-6-7-8-9-10-11-12-13-14-15-16-17-18-19-28-35(3)33-24-22-31(23-25-33)20-21-32-26-29-34(2)30-27-32/h20-27,29-30H,4-19,28H2,1-3H3/q+1. The number of benzene rings is 1. The number of nitrogens with zero attached hydrogens (tertiary/aromatic N) is 2. The SMILES string of the molecule is CCCCCCCCCCCCCCCCCCN(C)c1ccc(/C=C/c2cc[n+](C)cc2)cc1. The van der Waals surface area contributed by atoms with Crippen LogP contribution in [0.2, 0.25) is 0 Å². The van der Waals surface area contributed by atoms with Crippen molar-refractivity contribution in [1.29, 1.82) is 0 Å². The number of unbranched alkanes of at least 4 members (excludes halogenated alkanes) is 15. The highest BCUT2D eigenvalue weighted by atomic mass is 15.1. The molecule has 0 aliphatic rings. The molecule has 0 amide bonds. The van der Waals surface area contributed by atoms with Crippen molar-refractivity contribution >= 4 is 17.8 Å². The van der Waals surface area contributed by atoms with E-state index in [2.05, 4.69) is 84.4 Å². The third-order valence-electron chi connectivity index (χ3n) is 7.15. The lowest BCUT2D eigenvalue weighted by Gasteiger charge is -2.19. The van der Waals surface area contributed by atoms with Crippen LogP contribution in [0.4, 0.5) is 5.69 Å². The van der Waals surface area contributed by atoms with Gasteiger partial charge in [-0.15, -0.1) is 0 Å². The van der Waals surface area contributed by atoms with Crippen LogP contribution in [0.3, 0.4) is 0 Å². The molecule has 2 heteroatoms. The Morgan fingerprint density at radius 1 is 0.571 bits per heavy atom. The van der Waals surface area contributed by atoms with E-state index in [1.165, 1.54) is 120 Å². The average molecular weight is 478 g/mol. The van der Waals surface area contributed by atoms with Gasteiger partial charge < -0.3 is 4.90 Å². The monoisotopic (exact) mass is 477 g/mol. The number of pyridine rings is 1. The second-order valence-electron chi connectivity index (χ2n) is 10.4. The highest BCUT2D eigenvalue weighted by Crippen LogP contribution is 2.17. The van der Waals surface area contributed by atoms with Gasteiger partial charge in [-0.2, -0.15) is 0 Å². The molecular weight excluding hydrogens is 424 g/mol. The van der Waals surface area contributed by atoms with Gasteiger partial charge in [-0.1, -0.05) is 128 Å². The van der Waals surface area contributed by atoms with Crippen LogP contribution in [-0.2, 0) is 7.05 Å². The zero-order valence-electron chi connectivity index (χ0n) is 23.2. The number of rotatable bonds is 20. The van der Waals surface area contributed by atoms with Crippen molar-refractivity contribution in [2.24, 2.45) is 7.05 Å². The maximum absolute atomic E-state index is 2.40. The molecule has 0 saturated carbocycles. The summed E-state index contributed by atoms with van der Waals surface area (Å²) >= 11 is 0. The topological polar surface area (TPSA) is 7.12 Å². The van der Waals surface area contributed by atoms with Gasteiger partial charge in [0, 0.05) is 31.4 Å². The molecule has 0 bridgehead atoms. The zero-order valence-corrected chi connectivity index (χ0v) is 23.2. The van der Waals surface area contributed by atoms with E-state index < -0.39 is 0 Å². The molecule has 0 saturated heterocycles. The smallest absolute Gasteiger partial charge is 0.169 e. The van der Waals surface area contributed by atoms with Gasteiger partial charge in [0.1, 0.15) is 7.05 Å². The zero-order chi connectivity index (χ0) is 25.0. The van der Waals surface area contributed by atoms with Crippen LogP contribution in [0.25, 0.3) is 12.2 Å². The van der Waals surface area contributed by atoms with Crippen molar-refractivity contribution in [3.05, 3.63) is 59.9 Å². The molecule has 0 aliphatic carbocycles. The van der Waals surface area contributed by atoms with E-state index in [0.717, 1.165) is 6.54 Å². The second-order valence-corrected chi connectivity index (χ2v) is 10.4. The molecule has 0 radical (unpaired) electrons. The second kappa shape index (κ2) is 19.1. The molecule has 2 rings (SSSR count). The molecule has 0 spiro atoms. The Morgan fingerprint density at radius 2 is 0.971 bits per heavy atom. The molecule has 1 aromatic heterocycles. The summed E-state index contributed by atoms with van der Waals surface area (Å²) in [5, 5.41) is 0. The molecule has 0 unspecified atom stereocenters. The number of hydrogen-bond donors (Lipinski definition) is 0. The molecule has 35 heavy (non-hydrogen) atoms. The summed E-state index contributed by atoms with van der Waals surface area (Å²) in [4.78, 5) is 2.40. The quantitative estimate of drug-likeness (QED) is 0.136. The predicted octanol–water partition coefficient (Wildman–Crippen LogP) is 9.38. The maximum atomic E-state index is 2.40. The Balaban J connectivity index is 1.44. The van der Waals surface area contributed by atoms with E-state index in [1.54, 1.807) is 0 Å². The van der Waals surface area contributed by atoms with Gasteiger partial charge in [-0.05, 0) is 29.7 Å². The molecule has 0 aliphatic heterocycles. The van der Waals surface area contributed by atoms with Crippen molar-refractivity contribution in [2.45, 2.75) is 110 Å². The Labute approximate surface area is 217 Å². The third-order valence-corrected chi connectivity index (χ3v) is 7.15. The van der Waals surface area contributed by atoms with E-state index in [0.29, 0.717) is 0 Å². The molecule has 1 heterocycles. The van der Waals surface area contributed by atoms with Crippen molar-refractivity contribution in [3.8, 4) is 0 Å². The number of aromatic nitrogens is 1. The molecular formula is C33H53N2+. The van der Waals surface area contributed by atoms with E-state index >= 15 is 0 Å². The fraction of sp³-hybridized carbons (Fsp3) is 0.606. The first-order valence-electron chi connectivity index (χ1n) is 14.6. The van der Waals surface area contributed by atoms with Crippen LogP contribution in [0.15, 0.2) is 48.8 Å². The number of aryl methyl sites for hydroxylation is 1. The van der Waals surface area contributed by atoms with Crippen LogP contribution < -0.4 is 9.47 Å². The van der Waals surface area contributed by atoms with Crippen LogP contribution in [-0.4, -0.2) is 13.6 Å². The van der Waals surface area contributed by atoms with E-state index in [1.807, 2.05) is 7.05 Å². The van der Waals surface area contributed by atoms with E-state index in [4.69, 9.17) is 0 Å². The summed E-state index contributed by atoms with van der Waals surface area (Å²) in [6.07, 6.45) is 31.3. The molecule has 0 fully saturated rings. The van der Waals surface area contributed by atoms with Gasteiger partial charge in [0.05, 0.1) is 0 Å². The fourth-order valence-electron chi connectivity index (χ4n) is 4.68. The van der Waals surface area contributed by atoms with Crippen LogP contribution in [0, 0.1) is 0 Å². The van der Waals surface area contributed by atoms with Gasteiger partial charge in [0.15, 0.2) is 12.4 Å². The molecule has 1 aromatic carbocycles. The van der Waals surface area contributed by atoms with Gasteiger partial charge >= 0.3 is 0 Å². The summed E-state index contributed by atoms with van der Waals surface area (Å²) in [6.45, 7) is 3.44. The van der Waals surface area contributed by atoms with Crippen molar-refractivity contribution in [1.82, 2.24) is 0 Å². The van der Waals surface area contributed by atoms with Crippen LogP contribution in [0.5, 0.6) is 0 Å². The molecule has 0 atom stereocenters. The van der Waals surface area contributed by atoms with Crippen molar-refractivity contribution in [2.75, 3.05) is 18.5 Å². The summed E-state index contributed by atoms with van der Waals surface area (Å²) < 4.78 is 2.06. The minimum Gasteiger partial charge on any atom is -0.375 e. The van der Waals surface area contributed by atoms with Gasteiger partial charge in [-0.3, -0.25) is 0 Å². The molecule has 2 nitrogen and oxygen atoms in total. The first-order valence-corrected chi connectivity index (χ1v) is 14.6. The average Bonchev–Trinajstić information content (AvgIpc) is 2.88. The Bertz CT molecular complexity index is 776. The van der Waals surface area contributed by atoms with Crippen LogP contribution >= 0.6 is 0 Å².